The predicted octanol–water partition coefficient (Wildman–Crippen LogP) is 0.920. The molecule has 1 aliphatic rings. The van der Waals surface area contributed by atoms with Gasteiger partial charge in [0.2, 0.25) is 21.8 Å². The summed E-state index contributed by atoms with van der Waals surface area (Å²) in [6.07, 6.45) is 1.11. The highest BCUT2D eigenvalue weighted by Crippen LogP contribution is 2.20. The van der Waals surface area contributed by atoms with Crippen LogP contribution in [-0.4, -0.2) is 85.3 Å². The van der Waals surface area contributed by atoms with Gasteiger partial charge in [-0.05, 0) is 55.5 Å². The van der Waals surface area contributed by atoms with Crippen LogP contribution in [0.4, 0.5) is 0 Å². The summed E-state index contributed by atoms with van der Waals surface area (Å²) < 4.78 is 29.0. The van der Waals surface area contributed by atoms with E-state index in [1.807, 2.05) is 12.1 Å². The number of carbonyl (C=O) groups is 3. The van der Waals surface area contributed by atoms with Crippen molar-refractivity contribution >= 4 is 44.5 Å². The molecule has 39 heavy (non-hydrogen) atoms. The molecule has 3 rings (SSSR count). The molecule has 1 aliphatic heterocycles. The number of rotatable bonds is 11. The third-order valence-corrected chi connectivity index (χ3v) is 8.15. The molecule has 2 amide bonds. The minimum Gasteiger partial charge on any atom is -0.480 e. The Hall–Kier alpha value is -3.71. The molecule has 13 heteroatoms. The number of nitrogens with two attached hydrogens (primary N) is 1. The fraction of sp³-hybridized carbons (Fsp3) is 0.462. The number of likely N-dealkylation sites (tertiary alicyclic amines) is 1. The molecule has 1 heterocycles. The molecule has 0 saturated carbocycles. The smallest absolute Gasteiger partial charge is 0.323 e. The molecule has 2 atom stereocenters. The molecule has 6 N–H and O–H groups in total. The topological polar surface area (TPSA) is 186 Å². The van der Waals surface area contributed by atoms with Gasteiger partial charge in [0, 0.05) is 25.7 Å². The van der Waals surface area contributed by atoms with Crippen molar-refractivity contribution in [1.82, 2.24) is 19.8 Å². The van der Waals surface area contributed by atoms with Gasteiger partial charge in [-0.15, -0.1) is 0 Å². The van der Waals surface area contributed by atoms with Crippen molar-refractivity contribution in [2.24, 2.45) is 11.7 Å². The molecule has 212 valence electrons. The number of sulfonamides is 1. The zero-order chi connectivity index (χ0) is 28.7. The zero-order valence-corrected chi connectivity index (χ0v) is 22.9. The number of amides is 2. The number of carbonyl (C=O) groups excluding carboxylic acids is 2. The van der Waals surface area contributed by atoms with E-state index in [4.69, 9.17) is 11.1 Å². The number of hydrogen-bond donors (Lipinski definition) is 5. The Bertz CT molecular complexity index is 1330. The molecule has 1 saturated heterocycles. The average molecular weight is 561 g/mol. The number of benzene rings is 2. The summed E-state index contributed by atoms with van der Waals surface area (Å²) in [5.41, 5.74) is 5.58. The second-order valence-corrected chi connectivity index (χ2v) is 11.7. The Morgan fingerprint density at radius 1 is 1.18 bits per heavy atom. The molecule has 0 aliphatic carbocycles. The molecule has 2 aromatic rings. The van der Waals surface area contributed by atoms with Crippen molar-refractivity contribution in [3.8, 4) is 0 Å². The molecule has 0 radical (unpaired) electrons. The van der Waals surface area contributed by atoms with E-state index in [0.717, 1.165) is 23.1 Å². The number of fused-ring (bicyclic) bond motifs is 1. The molecule has 0 aromatic heterocycles. The lowest BCUT2D eigenvalue weighted by Crippen LogP contribution is -2.53. The van der Waals surface area contributed by atoms with E-state index in [0.29, 0.717) is 18.5 Å². The second kappa shape index (κ2) is 12.9. The van der Waals surface area contributed by atoms with Crippen LogP contribution in [0.3, 0.4) is 0 Å². The van der Waals surface area contributed by atoms with Gasteiger partial charge in [0.05, 0.1) is 11.3 Å². The van der Waals surface area contributed by atoms with Gasteiger partial charge >= 0.3 is 5.97 Å². The number of carboxylic acids is 1. The van der Waals surface area contributed by atoms with Crippen LogP contribution in [0.15, 0.2) is 47.4 Å². The first-order chi connectivity index (χ1) is 18.4. The monoisotopic (exact) mass is 560 g/mol. The van der Waals surface area contributed by atoms with E-state index < -0.39 is 52.9 Å². The van der Waals surface area contributed by atoms with E-state index >= 15 is 0 Å². The Kier molecular flexibility index (Phi) is 9.86. The first kappa shape index (κ1) is 29.8. The summed E-state index contributed by atoms with van der Waals surface area (Å²) in [5.74, 6) is -2.63. The van der Waals surface area contributed by atoms with Crippen LogP contribution in [0.1, 0.15) is 33.1 Å². The summed E-state index contributed by atoms with van der Waals surface area (Å²) in [5, 5.41) is 21.2. The first-order valence-corrected chi connectivity index (χ1v) is 14.2. The van der Waals surface area contributed by atoms with Crippen molar-refractivity contribution < 1.29 is 27.9 Å². The van der Waals surface area contributed by atoms with Crippen molar-refractivity contribution in [1.29, 1.82) is 5.41 Å². The summed E-state index contributed by atoms with van der Waals surface area (Å²) in [7, 11) is -4.25. The number of aliphatic carboxylic acids is 1. The van der Waals surface area contributed by atoms with Crippen LogP contribution in [0.5, 0.6) is 0 Å². The Balaban J connectivity index is 1.80. The fourth-order valence-electron chi connectivity index (χ4n) is 4.60. The van der Waals surface area contributed by atoms with Gasteiger partial charge in [-0.1, -0.05) is 30.3 Å². The quantitative estimate of drug-likeness (QED) is 0.198. The lowest BCUT2D eigenvalue weighted by Gasteiger charge is -2.33. The van der Waals surface area contributed by atoms with Gasteiger partial charge in [-0.3, -0.25) is 19.8 Å². The maximum Gasteiger partial charge on any atom is 0.323 e. The maximum absolute atomic E-state index is 13.4. The van der Waals surface area contributed by atoms with Crippen LogP contribution in [0, 0.1) is 11.3 Å². The molecular formula is C26H36N6O6S. The number of piperidine rings is 1. The van der Waals surface area contributed by atoms with Gasteiger partial charge in [0.25, 0.3) is 0 Å². The molecule has 1 unspecified atom stereocenters. The van der Waals surface area contributed by atoms with Crippen LogP contribution in [-0.2, 0) is 24.4 Å². The highest BCUT2D eigenvalue weighted by Gasteiger charge is 2.33. The molecular weight excluding hydrogens is 524 g/mol. The van der Waals surface area contributed by atoms with E-state index in [1.54, 1.807) is 36.9 Å². The summed E-state index contributed by atoms with van der Waals surface area (Å²) >= 11 is 0. The number of guanidine groups is 1. The van der Waals surface area contributed by atoms with E-state index in [2.05, 4.69) is 10.0 Å². The molecule has 12 nitrogen and oxygen atoms in total. The number of nitrogens with one attached hydrogen (secondary N) is 3. The van der Waals surface area contributed by atoms with E-state index in [1.165, 1.54) is 12.1 Å². The second-order valence-electron chi connectivity index (χ2n) is 9.98. The largest absolute Gasteiger partial charge is 0.480 e. The first-order valence-electron chi connectivity index (χ1n) is 12.8. The Labute approximate surface area is 228 Å². The van der Waals surface area contributed by atoms with Crippen LogP contribution in [0.2, 0.25) is 0 Å². The normalized spacial score (nSPS) is 16.6. The Morgan fingerprint density at radius 2 is 1.87 bits per heavy atom. The van der Waals surface area contributed by atoms with Crippen molar-refractivity contribution in [3.05, 3.63) is 42.5 Å². The molecule has 2 aromatic carbocycles. The number of carboxylic acid groups (broad SMARTS) is 1. The summed E-state index contributed by atoms with van der Waals surface area (Å²) in [6.45, 7) is 4.02. The van der Waals surface area contributed by atoms with Crippen LogP contribution >= 0.6 is 0 Å². The molecule has 0 spiro atoms. The summed E-state index contributed by atoms with van der Waals surface area (Å²) in [6, 6.07) is 9.65. The fourth-order valence-corrected chi connectivity index (χ4v) is 5.82. The van der Waals surface area contributed by atoms with Gasteiger partial charge in [0.1, 0.15) is 12.6 Å². The SMILES string of the molecule is CC(C)N(CC(=O)O)C(=O)[C@H](CC(=O)NCC1CCCN(C(=N)N)C1)NS(=O)(=O)c1ccc2ccccc2c1. The van der Waals surface area contributed by atoms with Gasteiger partial charge in [-0.25, -0.2) is 8.42 Å². The van der Waals surface area contributed by atoms with Gasteiger partial charge in [-0.2, -0.15) is 4.72 Å². The van der Waals surface area contributed by atoms with Gasteiger partial charge in [0.15, 0.2) is 5.96 Å². The number of hydrogen-bond acceptors (Lipinski definition) is 6. The molecule has 0 bridgehead atoms. The Morgan fingerprint density at radius 3 is 2.51 bits per heavy atom. The highest BCUT2D eigenvalue weighted by atomic mass is 32.2. The zero-order valence-electron chi connectivity index (χ0n) is 22.1. The third-order valence-electron chi connectivity index (χ3n) is 6.68. The van der Waals surface area contributed by atoms with Crippen molar-refractivity contribution in [3.63, 3.8) is 0 Å². The lowest BCUT2D eigenvalue weighted by molar-refractivity contribution is -0.147. The predicted molar refractivity (Wildman–Crippen MR) is 146 cm³/mol. The summed E-state index contributed by atoms with van der Waals surface area (Å²) in [4.78, 5) is 40.4. The lowest BCUT2D eigenvalue weighted by atomic mass is 9.98. The highest BCUT2D eigenvalue weighted by molar-refractivity contribution is 7.89. The van der Waals surface area contributed by atoms with Crippen LogP contribution in [0.25, 0.3) is 10.8 Å². The average Bonchev–Trinajstić information content (AvgIpc) is 2.89. The van der Waals surface area contributed by atoms with Gasteiger partial charge < -0.3 is 26.0 Å². The van der Waals surface area contributed by atoms with Crippen LogP contribution < -0.4 is 15.8 Å². The third kappa shape index (κ3) is 8.14. The minimum absolute atomic E-state index is 0.0352. The molecule has 1 fully saturated rings. The minimum atomic E-state index is -4.25. The maximum atomic E-state index is 13.4. The van der Waals surface area contributed by atoms with Crippen molar-refractivity contribution in [2.45, 2.75) is 50.1 Å². The standard InChI is InChI=1S/C26H36N6O6S/c1-17(2)32(16-24(34)35)25(36)22(13-23(33)29-14-18-6-5-11-31(15-18)26(27)28)30-39(37,38)21-10-9-19-7-3-4-8-20(19)12-21/h3-4,7-10,12,17-18,22,30H,5-6,11,13-16H2,1-2H3,(H3,27,28)(H,29,33)(H,34,35)/t18?,22-/m0/s1. The van der Waals surface area contributed by atoms with Crippen molar-refractivity contribution in [2.75, 3.05) is 26.2 Å². The number of nitrogens with zero attached hydrogens (tertiary/aromatic N) is 2. The van der Waals surface area contributed by atoms with E-state index in [-0.39, 0.29) is 23.3 Å². The van der Waals surface area contributed by atoms with E-state index in [9.17, 15) is 27.9 Å².